The second-order valence-electron chi connectivity index (χ2n) is 5.70. The van der Waals surface area contributed by atoms with Gasteiger partial charge in [-0.1, -0.05) is 20.8 Å². The quantitative estimate of drug-likeness (QED) is 0.697. The van der Waals surface area contributed by atoms with Crippen LogP contribution >= 0.6 is 0 Å². The van der Waals surface area contributed by atoms with Crippen molar-refractivity contribution in [1.29, 1.82) is 5.26 Å². The maximum atomic E-state index is 11.7. The molecule has 0 aromatic rings. The first kappa shape index (κ1) is 12.2. The van der Waals surface area contributed by atoms with Crippen molar-refractivity contribution in [3.05, 3.63) is 0 Å². The van der Waals surface area contributed by atoms with E-state index >= 15 is 0 Å². The molecule has 0 heterocycles. The SMILES string of the molecule is CC(C)(C)C1CCC(=O)C(CCC#N)C1. The summed E-state index contributed by atoms with van der Waals surface area (Å²) in [5.41, 5.74) is 0.297. The largest absolute Gasteiger partial charge is 0.299 e. The average molecular weight is 207 g/mol. The van der Waals surface area contributed by atoms with Gasteiger partial charge in [-0.05, 0) is 30.6 Å². The number of nitriles is 1. The van der Waals surface area contributed by atoms with Crippen LogP contribution < -0.4 is 0 Å². The predicted molar refractivity (Wildman–Crippen MR) is 60.1 cm³/mol. The van der Waals surface area contributed by atoms with Crippen LogP contribution in [-0.4, -0.2) is 5.78 Å². The number of Topliss-reactive ketones (excluding diaryl/α,β-unsaturated/α-hetero) is 1. The molecule has 0 bridgehead atoms. The predicted octanol–water partition coefficient (Wildman–Crippen LogP) is 3.32. The molecule has 0 amide bonds. The van der Waals surface area contributed by atoms with Gasteiger partial charge in [0.2, 0.25) is 0 Å². The van der Waals surface area contributed by atoms with Crippen molar-refractivity contribution in [2.45, 2.75) is 52.9 Å². The van der Waals surface area contributed by atoms with Crippen molar-refractivity contribution in [2.24, 2.45) is 17.3 Å². The summed E-state index contributed by atoms with van der Waals surface area (Å²) in [6.45, 7) is 6.73. The van der Waals surface area contributed by atoms with E-state index in [4.69, 9.17) is 5.26 Å². The van der Waals surface area contributed by atoms with E-state index in [0.29, 0.717) is 23.5 Å². The van der Waals surface area contributed by atoms with Gasteiger partial charge >= 0.3 is 0 Å². The molecule has 0 spiro atoms. The number of carbonyl (C=O) groups excluding carboxylic acids is 1. The van der Waals surface area contributed by atoms with Crippen molar-refractivity contribution < 1.29 is 4.79 Å². The zero-order chi connectivity index (χ0) is 11.5. The number of carbonyl (C=O) groups is 1. The Morgan fingerprint density at radius 1 is 1.47 bits per heavy atom. The van der Waals surface area contributed by atoms with E-state index < -0.39 is 0 Å². The van der Waals surface area contributed by atoms with Crippen LogP contribution in [0.5, 0.6) is 0 Å². The lowest BCUT2D eigenvalue weighted by Gasteiger charge is -2.36. The smallest absolute Gasteiger partial charge is 0.136 e. The summed E-state index contributed by atoms with van der Waals surface area (Å²) < 4.78 is 0. The molecule has 84 valence electrons. The summed E-state index contributed by atoms with van der Waals surface area (Å²) >= 11 is 0. The zero-order valence-electron chi connectivity index (χ0n) is 10.0. The zero-order valence-corrected chi connectivity index (χ0v) is 10.0. The van der Waals surface area contributed by atoms with Crippen molar-refractivity contribution in [1.82, 2.24) is 0 Å². The van der Waals surface area contributed by atoms with Crippen LogP contribution in [0.15, 0.2) is 0 Å². The Bertz CT molecular complexity index is 269. The Hall–Kier alpha value is -0.840. The highest BCUT2D eigenvalue weighted by Crippen LogP contribution is 2.40. The van der Waals surface area contributed by atoms with Crippen LogP contribution in [0.2, 0.25) is 0 Å². The molecular weight excluding hydrogens is 186 g/mol. The van der Waals surface area contributed by atoms with Gasteiger partial charge in [0.1, 0.15) is 5.78 Å². The van der Waals surface area contributed by atoms with Gasteiger partial charge in [-0.2, -0.15) is 5.26 Å². The van der Waals surface area contributed by atoms with E-state index in [1.54, 1.807) is 0 Å². The third-order valence-electron chi connectivity index (χ3n) is 3.59. The average Bonchev–Trinajstić information content (AvgIpc) is 2.15. The first-order valence-electron chi connectivity index (χ1n) is 5.85. The monoisotopic (exact) mass is 207 g/mol. The van der Waals surface area contributed by atoms with Gasteiger partial charge in [-0.15, -0.1) is 0 Å². The molecule has 2 atom stereocenters. The van der Waals surface area contributed by atoms with Crippen molar-refractivity contribution in [3.63, 3.8) is 0 Å². The summed E-state index contributed by atoms with van der Waals surface area (Å²) in [5, 5.41) is 8.55. The lowest BCUT2D eigenvalue weighted by molar-refractivity contribution is -0.126. The number of ketones is 1. The number of hydrogen-bond acceptors (Lipinski definition) is 2. The lowest BCUT2D eigenvalue weighted by atomic mass is 9.68. The highest BCUT2D eigenvalue weighted by Gasteiger charge is 2.34. The van der Waals surface area contributed by atoms with Gasteiger partial charge in [0.25, 0.3) is 0 Å². The molecule has 15 heavy (non-hydrogen) atoms. The van der Waals surface area contributed by atoms with Gasteiger partial charge < -0.3 is 0 Å². The maximum Gasteiger partial charge on any atom is 0.136 e. The number of nitrogens with zero attached hydrogens (tertiary/aromatic N) is 1. The van der Waals surface area contributed by atoms with Crippen LogP contribution in [0.25, 0.3) is 0 Å². The van der Waals surface area contributed by atoms with Gasteiger partial charge in [-0.3, -0.25) is 4.79 Å². The topological polar surface area (TPSA) is 40.9 Å². The Balaban J connectivity index is 2.57. The molecule has 1 aliphatic rings. The third-order valence-corrected chi connectivity index (χ3v) is 3.59. The lowest BCUT2D eigenvalue weighted by Crippen LogP contribution is -2.31. The number of hydrogen-bond donors (Lipinski definition) is 0. The first-order chi connectivity index (χ1) is 6.95. The van der Waals surface area contributed by atoms with E-state index in [-0.39, 0.29) is 5.92 Å². The Kier molecular flexibility index (Phi) is 3.90. The molecule has 2 unspecified atom stereocenters. The highest BCUT2D eigenvalue weighted by molar-refractivity contribution is 5.81. The van der Waals surface area contributed by atoms with E-state index in [1.165, 1.54) is 0 Å². The Morgan fingerprint density at radius 2 is 2.13 bits per heavy atom. The Labute approximate surface area is 92.7 Å². The fourth-order valence-corrected chi connectivity index (χ4v) is 2.42. The second-order valence-corrected chi connectivity index (χ2v) is 5.70. The molecule has 1 aliphatic carbocycles. The molecule has 2 nitrogen and oxygen atoms in total. The molecule has 2 heteroatoms. The molecular formula is C13H21NO. The van der Waals surface area contributed by atoms with Crippen LogP contribution in [0.3, 0.4) is 0 Å². The van der Waals surface area contributed by atoms with E-state index in [2.05, 4.69) is 26.8 Å². The summed E-state index contributed by atoms with van der Waals surface area (Å²) in [6.07, 6.45) is 4.03. The van der Waals surface area contributed by atoms with Gasteiger partial charge in [-0.25, -0.2) is 0 Å². The van der Waals surface area contributed by atoms with Crippen LogP contribution in [0.1, 0.15) is 52.9 Å². The third kappa shape index (κ3) is 3.34. The van der Waals surface area contributed by atoms with Crippen molar-refractivity contribution >= 4 is 5.78 Å². The summed E-state index contributed by atoms with van der Waals surface area (Å²) in [6, 6.07) is 2.14. The fourth-order valence-electron chi connectivity index (χ4n) is 2.42. The van der Waals surface area contributed by atoms with E-state index in [9.17, 15) is 4.79 Å². The molecule has 1 saturated carbocycles. The minimum Gasteiger partial charge on any atom is -0.299 e. The van der Waals surface area contributed by atoms with Crippen molar-refractivity contribution in [3.8, 4) is 6.07 Å². The van der Waals surface area contributed by atoms with Gasteiger partial charge in [0.05, 0.1) is 6.07 Å². The number of rotatable bonds is 2. The fraction of sp³-hybridized carbons (Fsp3) is 0.846. The molecule has 0 aliphatic heterocycles. The molecule has 1 rings (SSSR count). The minimum atomic E-state index is 0.155. The molecule has 0 N–H and O–H groups in total. The summed E-state index contributed by atoms with van der Waals surface area (Å²) in [7, 11) is 0. The van der Waals surface area contributed by atoms with Gasteiger partial charge in [0.15, 0.2) is 0 Å². The standard InChI is InChI=1S/C13H21NO/c1-13(2,3)11-6-7-12(15)10(9-11)5-4-8-14/h10-11H,4-7,9H2,1-3H3. The maximum absolute atomic E-state index is 11.7. The van der Waals surface area contributed by atoms with E-state index in [0.717, 1.165) is 25.7 Å². The molecule has 0 aromatic carbocycles. The Morgan fingerprint density at radius 3 is 2.67 bits per heavy atom. The summed E-state index contributed by atoms with van der Waals surface area (Å²) in [4.78, 5) is 11.7. The second kappa shape index (κ2) is 4.79. The first-order valence-corrected chi connectivity index (χ1v) is 5.85. The van der Waals surface area contributed by atoms with E-state index in [1.807, 2.05) is 0 Å². The molecule has 0 radical (unpaired) electrons. The van der Waals surface area contributed by atoms with Crippen LogP contribution in [-0.2, 0) is 4.79 Å². The molecule has 0 saturated heterocycles. The normalized spacial score (nSPS) is 27.5. The van der Waals surface area contributed by atoms with Gasteiger partial charge in [0, 0.05) is 18.8 Å². The van der Waals surface area contributed by atoms with Crippen LogP contribution in [0.4, 0.5) is 0 Å². The molecule has 0 aromatic heterocycles. The summed E-state index contributed by atoms with van der Waals surface area (Å²) in [5.74, 6) is 1.17. The molecule has 1 fully saturated rings. The highest BCUT2D eigenvalue weighted by atomic mass is 16.1. The van der Waals surface area contributed by atoms with Crippen LogP contribution in [0, 0.1) is 28.6 Å². The minimum absolute atomic E-state index is 0.155. The van der Waals surface area contributed by atoms with Crippen molar-refractivity contribution in [2.75, 3.05) is 0 Å².